The van der Waals surface area contributed by atoms with Crippen LogP contribution in [0, 0.1) is 0 Å². The average Bonchev–Trinajstić information content (AvgIpc) is 3.25. The van der Waals surface area contributed by atoms with Gasteiger partial charge in [-0.05, 0) is 61.9 Å². The van der Waals surface area contributed by atoms with Crippen LogP contribution in [0.1, 0.15) is 44.1 Å². The number of alkyl halides is 3. The Morgan fingerprint density at radius 1 is 1.19 bits per heavy atom. The molecule has 1 aromatic heterocycles. The lowest BCUT2D eigenvalue weighted by atomic mass is 10.0. The molecule has 1 amide bonds. The first-order valence-electron chi connectivity index (χ1n) is 11.3. The zero-order valence-corrected chi connectivity index (χ0v) is 20.3. The van der Waals surface area contributed by atoms with E-state index in [1.54, 1.807) is 24.5 Å². The van der Waals surface area contributed by atoms with Gasteiger partial charge in [0.05, 0.1) is 17.9 Å². The first-order chi connectivity index (χ1) is 16.9. The number of anilines is 2. The van der Waals surface area contributed by atoms with Gasteiger partial charge in [0.15, 0.2) is 0 Å². The van der Waals surface area contributed by atoms with Gasteiger partial charge in [0.2, 0.25) is 16.0 Å². The van der Waals surface area contributed by atoms with Crippen LogP contribution < -0.4 is 15.4 Å². The van der Waals surface area contributed by atoms with Crippen LogP contribution in [-0.2, 0) is 14.8 Å². The number of benzene rings is 1. The molecule has 198 valence electrons. The van der Waals surface area contributed by atoms with Gasteiger partial charge in [-0.2, -0.15) is 13.2 Å². The Bertz CT molecular complexity index is 1110. The second-order valence-corrected chi connectivity index (χ2v) is 10.3. The number of nitrogens with one attached hydrogen (secondary N) is 3. The van der Waals surface area contributed by atoms with Crippen molar-refractivity contribution in [2.24, 2.45) is 0 Å². The highest BCUT2D eigenvalue weighted by molar-refractivity contribution is 7.89. The number of aromatic nitrogens is 2. The van der Waals surface area contributed by atoms with Crippen LogP contribution in [0.4, 0.5) is 29.6 Å². The monoisotopic (exact) mass is 531 g/mol. The average molecular weight is 532 g/mol. The molecular weight excluding hydrogens is 503 g/mol. The number of hydrogen-bond acceptors (Lipinski definition) is 8. The summed E-state index contributed by atoms with van der Waals surface area (Å²) in [5.74, 6) is 0.344. The van der Waals surface area contributed by atoms with Gasteiger partial charge in [-0.3, -0.25) is 0 Å². The minimum Gasteiger partial charge on any atom is -0.446 e. The first kappa shape index (κ1) is 27.6. The number of aliphatic hydroxyl groups excluding tert-OH is 1. The Labute approximate surface area is 206 Å². The maximum atomic E-state index is 12.4. The Morgan fingerprint density at radius 3 is 2.47 bits per heavy atom. The van der Waals surface area contributed by atoms with Crippen molar-refractivity contribution < 1.29 is 36.2 Å². The zero-order chi connectivity index (χ0) is 26.3. The lowest BCUT2D eigenvalue weighted by Crippen LogP contribution is -2.37. The number of alkyl carbamates (subject to hydrolysis) is 1. The van der Waals surface area contributed by atoms with E-state index < -0.39 is 40.9 Å². The molecule has 2 aromatic rings. The van der Waals surface area contributed by atoms with Crippen molar-refractivity contribution in [2.75, 3.05) is 18.5 Å². The zero-order valence-electron chi connectivity index (χ0n) is 19.5. The van der Waals surface area contributed by atoms with Crippen LogP contribution in [0.3, 0.4) is 0 Å². The molecule has 0 radical (unpaired) electrons. The van der Waals surface area contributed by atoms with Crippen LogP contribution in [0.25, 0.3) is 0 Å². The molecule has 1 heterocycles. The van der Waals surface area contributed by atoms with Gasteiger partial charge >= 0.3 is 12.3 Å². The van der Waals surface area contributed by atoms with Gasteiger partial charge < -0.3 is 20.5 Å². The summed E-state index contributed by atoms with van der Waals surface area (Å²) in [4.78, 5) is 20.5. The van der Waals surface area contributed by atoms with E-state index in [0.717, 1.165) is 5.56 Å². The fourth-order valence-corrected chi connectivity index (χ4v) is 4.88. The number of rotatable bonds is 10. The van der Waals surface area contributed by atoms with Crippen molar-refractivity contribution in [3.05, 3.63) is 42.2 Å². The third kappa shape index (κ3) is 8.31. The number of amides is 1. The molecule has 3 rings (SSSR count). The van der Waals surface area contributed by atoms with E-state index >= 15 is 0 Å². The fourth-order valence-electron chi connectivity index (χ4n) is 3.86. The standard InChI is InChI=1S/C22H28F3N5O5S/c1-14(11-22(23,24)25)29-21(32)35-18-5-2-15(10-18)16-12-26-20(27-13-16)30-17-3-6-19(7-4-17)36(33,34)28-8-9-31/h3-4,6-7,12-15,18,28,31H,2,5,8-11H2,1H3,(H,29,32)(H,26,27,30)/t14-,15+,18+/m0/s1. The van der Waals surface area contributed by atoms with Crippen molar-refractivity contribution >= 4 is 27.8 Å². The van der Waals surface area contributed by atoms with Crippen molar-refractivity contribution in [1.82, 2.24) is 20.0 Å². The van der Waals surface area contributed by atoms with Gasteiger partial charge in [0, 0.05) is 30.7 Å². The smallest absolute Gasteiger partial charge is 0.407 e. The highest BCUT2D eigenvalue weighted by atomic mass is 32.2. The molecule has 3 atom stereocenters. The normalized spacial score (nSPS) is 19.0. The van der Waals surface area contributed by atoms with E-state index in [4.69, 9.17) is 9.84 Å². The SMILES string of the molecule is C[C@@H](CC(F)(F)F)NC(=O)O[C@@H]1CC[C@@H](c2cnc(Nc3ccc(S(=O)(=O)NCCO)cc3)nc2)C1. The quantitative estimate of drug-likeness (QED) is 0.366. The molecule has 36 heavy (non-hydrogen) atoms. The van der Waals surface area contributed by atoms with Crippen LogP contribution in [0.15, 0.2) is 41.6 Å². The summed E-state index contributed by atoms with van der Waals surface area (Å²) in [6.07, 6.45) is -1.68. The summed E-state index contributed by atoms with van der Waals surface area (Å²) in [5, 5.41) is 14.0. The molecule has 1 fully saturated rings. The van der Waals surface area contributed by atoms with E-state index in [2.05, 4.69) is 25.3 Å². The summed E-state index contributed by atoms with van der Waals surface area (Å²) < 4.78 is 68.9. The second kappa shape index (κ2) is 11.8. The molecule has 0 spiro atoms. The van der Waals surface area contributed by atoms with E-state index in [1.807, 2.05) is 0 Å². The van der Waals surface area contributed by atoms with E-state index in [1.165, 1.54) is 19.1 Å². The number of carbonyl (C=O) groups is 1. The third-order valence-corrected chi connectivity index (χ3v) is 7.00. The second-order valence-electron chi connectivity index (χ2n) is 8.51. The molecule has 0 unspecified atom stereocenters. The van der Waals surface area contributed by atoms with Gasteiger partial charge in [0.1, 0.15) is 6.10 Å². The molecule has 1 saturated carbocycles. The Balaban J connectivity index is 1.49. The summed E-state index contributed by atoms with van der Waals surface area (Å²) in [6.45, 7) is 0.886. The molecule has 0 bridgehead atoms. The fraction of sp³-hybridized carbons (Fsp3) is 0.500. The summed E-state index contributed by atoms with van der Waals surface area (Å²) >= 11 is 0. The number of sulfonamides is 1. The van der Waals surface area contributed by atoms with Crippen LogP contribution in [-0.4, -0.2) is 61.1 Å². The van der Waals surface area contributed by atoms with Crippen molar-refractivity contribution in [3.8, 4) is 0 Å². The van der Waals surface area contributed by atoms with Gasteiger partial charge in [-0.25, -0.2) is 27.9 Å². The summed E-state index contributed by atoms with van der Waals surface area (Å²) in [5.41, 5.74) is 1.41. The molecule has 0 saturated heterocycles. The predicted octanol–water partition coefficient (Wildman–Crippen LogP) is 3.19. The Morgan fingerprint density at radius 2 is 1.86 bits per heavy atom. The van der Waals surface area contributed by atoms with Gasteiger partial charge in [0.25, 0.3) is 0 Å². The molecule has 14 heteroatoms. The molecule has 1 aliphatic rings. The van der Waals surface area contributed by atoms with E-state index in [-0.39, 0.29) is 24.0 Å². The Kier molecular flexibility index (Phi) is 9.08. The number of nitrogens with zero attached hydrogens (tertiary/aromatic N) is 2. The third-order valence-electron chi connectivity index (χ3n) is 5.53. The van der Waals surface area contributed by atoms with Crippen molar-refractivity contribution in [3.63, 3.8) is 0 Å². The number of hydrogen-bond donors (Lipinski definition) is 4. The van der Waals surface area contributed by atoms with E-state index in [9.17, 15) is 26.4 Å². The lowest BCUT2D eigenvalue weighted by Gasteiger charge is -2.18. The Hall–Kier alpha value is -2.97. The van der Waals surface area contributed by atoms with Crippen LogP contribution in [0.2, 0.25) is 0 Å². The maximum absolute atomic E-state index is 12.4. The van der Waals surface area contributed by atoms with Crippen molar-refractivity contribution in [1.29, 1.82) is 0 Å². The summed E-state index contributed by atoms with van der Waals surface area (Å²) in [6, 6.07) is 4.87. The van der Waals surface area contributed by atoms with Crippen molar-refractivity contribution in [2.45, 2.75) is 61.7 Å². The minimum atomic E-state index is -4.37. The highest BCUT2D eigenvalue weighted by Gasteiger charge is 2.32. The highest BCUT2D eigenvalue weighted by Crippen LogP contribution is 2.35. The van der Waals surface area contributed by atoms with E-state index in [0.29, 0.717) is 30.9 Å². The lowest BCUT2D eigenvalue weighted by molar-refractivity contribution is -0.138. The molecule has 4 N–H and O–H groups in total. The molecular formula is C22H28F3N5O5S. The summed E-state index contributed by atoms with van der Waals surface area (Å²) in [7, 11) is -3.70. The largest absolute Gasteiger partial charge is 0.446 e. The topological polar surface area (TPSA) is 143 Å². The molecule has 1 aromatic carbocycles. The van der Waals surface area contributed by atoms with Gasteiger partial charge in [-0.15, -0.1) is 0 Å². The number of ether oxygens (including phenoxy) is 1. The first-order valence-corrected chi connectivity index (χ1v) is 12.8. The number of carbonyl (C=O) groups excluding carboxylic acids is 1. The predicted molar refractivity (Wildman–Crippen MR) is 124 cm³/mol. The number of aliphatic hydroxyl groups is 1. The molecule has 0 aliphatic heterocycles. The molecule has 1 aliphatic carbocycles. The van der Waals surface area contributed by atoms with Crippen LogP contribution >= 0.6 is 0 Å². The van der Waals surface area contributed by atoms with Gasteiger partial charge in [-0.1, -0.05) is 0 Å². The minimum absolute atomic E-state index is 0.0420. The van der Waals surface area contributed by atoms with Crippen LogP contribution in [0.5, 0.6) is 0 Å². The number of halogens is 3. The maximum Gasteiger partial charge on any atom is 0.407 e. The molecule has 10 nitrogen and oxygen atoms in total.